The van der Waals surface area contributed by atoms with E-state index in [0.29, 0.717) is 24.9 Å². The molecule has 2 rings (SSSR count). The van der Waals surface area contributed by atoms with E-state index < -0.39 is 10.0 Å². The van der Waals surface area contributed by atoms with Gasteiger partial charge in [-0.3, -0.25) is 4.79 Å². The number of hydrogen-bond acceptors (Lipinski definition) is 5. The standard InChI is InChI=1S/C20H33N5O3S/c1-20(2,14-23(3)4)13-21-19(26)11-10-18-22-16-12-15(29(27,28)24(5)6)8-9-17(16)25(18)7/h8-9,12H,10-11,13-14H2,1-7H3,(H,21,26). The molecule has 0 atom stereocenters. The van der Waals surface area contributed by atoms with Crippen LogP contribution in [0.4, 0.5) is 0 Å². The van der Waals surface area contributed by atoms with Crippen molar-refractivity contribution in [2.24, 2.45) is 12.5 Å². The van der Waals surface area contributed by atoms with Crippen molar-refractivity contribution >= 4 is 27.0 Å². The number of sulfonamides is 1. The summed E-state index contributed by atoms with van der Waals surface area (Å²) in [6, 6.07) is 4.92. The van der Waals surface area contributed by atoms with Gasteiger partial charge in [-0.1, -0.05) is 13.8 Å². The molecule has 1 heterocycles. The van der Waals surface area contributed by atoms with Gasteiger partial charge in [0.2, 0.25) is 15.9 Å². The normalized spacial score (nSPS) is 12.9. The molecule has 0 fully saturated rings. The number of carbonyl (C=O) groups is 1. The summed E-state index contributed by atoms with van der Waals surface area (Å²) in [7, 11) is 5.41. The number of carbonyl (C=O) groups excluding carboxylic acids is 1. The molecule has 0 bridgehead atoms. The topological polar surface area (TPSA) is 87.5 Å². The Morgan fingerprint density at radius 1 is 1.21 bits per heavy atom. The molecule has 0 aliphatic carbocycles. The third kappa shape index (κ3) is 5.77. The van der Waals surface area contributed by atoms with Gasteiger partial charge in [-0.2, -0.15) is 0 Å². The van der Waals surface area contributed by atoms with E-state index in [2.05, 4.69) is 29.0 Å². The monoisotopic (exact) mass is 423 g/mol. The first-order chi connectivity index (χ1) is 13.3. The number of aromatic nitrogens is 2. The fourth-order valence-corrected chi connectivity index (χ4v) is 4.31. The van der Waals surface area contributed by atoms with Crippen LogP contribution in [0, 0.1) is 5.41 Å². The zero-order valence-corrected chi connectivity index (χ0v) is 19.3. The maximum Gasteiger partial charge on any atom is 0.242 e. The van der Waals surface area contributed by atoms with Crippen molar-refractivity contribution in [3.63, 3.8) is 0 Å². The molecule has 0 saturated heterocycles. The van der Waals surface area contributed by atoms with E-state index in [9.17, 15) is 13.2 Å². The number of rotatable bonds is 9. The first-order valence-electron chi connectivity index (χ1n) is 9.63. The summed E-state index contributed by atoms with van der Waals surface area (Å²) >= 11 is 0. The molecule has 8 nitrogen and oxygen atoms in total. The summed E-state index contributed by atoms with van der Waals surface area (Å²) in [5.41, 5.74) is 1.44. The molecule has 29 heavy (non-hydrogen) atoms. The highest BCUT2D eigenvalue weighted by molar-refractivity contribution is 7.89. The quantitative estimate of drug-likeness (QED) is 0.660. The average Bonchev–Trinajstić information content (AvgIpc) is 2.92. The SMILES string of the molecule is CN(C)CC(C)(C)CNC(=O)CCc1nc2cc(S(=O)(=O)N(C)C)ccc2n1C. The van der Waals surface area contributed by atoms with Gasteiger partial charge in [-0.15, -0.1) is 0 Å². The second kappa shape index (κ2) is 8.81. The van der Waals surface area contributed by atoms with Gasteiger partial charge >= 0.3 is 0 Å². The van der Waals surface area contributed by atoms with E-state index in [1.807, 2.05) is 25.7 Å². The van der Waals surface area contributed by atoms with E-state index in [4.69, 9.17) is 0 Å². The first-order valence-corrected chi connectivity index (χ1v) is 11.1. The molecule has 0 saturated carbocycles. The van der Waals surface area contributed by atoms with Gasteiger partial charge in [0.1, 0.15) is 5.82 Å². The summed E-state index contributed by atoms with van der Waals surface area (Å²) in [6.45, 7) is 5.74. The fourth-order valence-electron chi connectivity index (χ4n) is 3.39. The van der Waals surface area contributed by atoms with Crippen molar-refractivity contribution in [1.29, 1.82) is 0 Å². The van der Waals surface area contributed by atoms with Crippen LogP contribution in [0.25, 0.3) is 11.0 Å². The molecule has 1 aromatic heterocycles. The maximum atomic E-state index is 12.3. The molecule has 1 aromatic carbocycles. The summed E-state index contributed by atoms with van der Waals surface area (Å²) in [4.78, 5) is 19.2. The predicted molar refractivity (Wildman–Crippen MR) is 115 cm³/mol. The highest BCUT2D eigenvalue weighted by atomic mass is 32.2. The second-order valence-corrected chi connectivity index (χ2v) is 10.9. The molecule has 162 valence electrons. The molecule has 0 radical (unpaired) electrons. The highest BCUT2D eigenvalue weighted by Gasteiger charge is 2.21. The van der Waals surface area contributed by atoms with Crippen LogP contribution in [0.15, 0.2) is 23.1 Å². The van der Waals surface area contributed by atoms with Crippen molar-refractivity contribution in [1.82, 2.24) is 24.1 Å². The van der Waals surface area contributed by atoms with E-state index in [-0.39, 0.29) is 16.2 Å². The van der Waals surface area contributed by atoms with Gasteiger partial charge in [0.25, 0.3) is 0 Å². The Balaban J connectivity index is 2.07. The van der Waals surface area contributed by atoms with Gasteiger partial charge in [0.05, 0.1) is 15.9 Å². The summed E-state index contributed by atoms with van der Waals surface area (Å²) < 4.78 is 27.8. The number of nitrogens with one attached hydrogen (secondary N) is 1. The Morgan fingerprint density at radius 2 is 1.86 bits per heavy atom. The lowest BCUT2D eigenvalue weighted by molar-refractivity contribution is -0.121. The van der Waals surface area contributed by atoms with Gasteiger partial charge < -0.3 is 14.8 Å². The van der Waals surface area contributed by atoms with Crippen LogP contribution in [0.2, 0.25) is 0 Å². The number of hydrogen-bond donors (Lipinski definition) is 1. The lowest BCUT2D eigenvalue weighted by Gasteiger charge is -2.28. The molecular formula is C20H33N5O3S. The number of fused-ring (bicyclic) bond motifs is 1. The van der Waals surface area contributed by atoms with Crippen molar-refractivity contribution in [2.45, 2.75) is 31.6 Å². The third-order valence-electron chi connectivity index (χ3n) is 4.81. The van der Waals surface area contributed by atoms with Crippen LogP contribution in [0.5, 0.6) is 0 Å². The number of amides is 1. The Morgan fingerprint density at radius 3 is 2.45 bits per heavy atom. The van der Waals surface area contributed by atoms with Crippen LogP contribution in [-0.2, 0) is 28.3 Å². The molecule has 9 heteroatoms. The molecule has 1 amide bonds. The minimum atomic E-state index is -3.51. The predicted octanol–water partition coefficient (Wildman–Crippen LogP) is 1.46. The van der Waals surface area contributed by atoms with Crippen molar-refractivity contribution in [3.05, 3.63) is 24.0 Å². The smallest absolute Gasteiger partial charge is 0.242 e. The summed E-state index contributed by atoms with van der Waals surface area (Å²) in [6.07, 6.45) is 0.818. The Hall–Kier alpha value is -1.97. The van der Waals surface area contributed by atoms with Crippen LogP contribution in [0.3, 0.4) is 0 Å². The van der Waals surface area contributed by atoms with Crippen molar-refractivity contribution in [3.8, 4) is 0 Å². The highest BCUT2D eigenvalue weighted by Crippen LogP contribution is 2.22. The van der Waals surface area contributed by atoms with Crippen LogP contribution >= 0.6 is 0 Å². The Labute approximate surface area is 173 Å². The van der Waals surface area contributed by atoms with Gasteiger partial charge in [0.15, 0.2) is 0 Å². The molecular weight excluding hydrogens is 390 g/mol. The zero-order valence-electron chi connectivity index (χ0n) is 18.5. The number of benzene rings is 1. The second-order valence-electron chi connectivity index (χ2n) is 8.70. The third-order valence-corrected chi connectivity index (χ3v) is 6.62. The largest absolute Gasteiger partial charge is 0.356 e. The van der Waals surface area contributed by atoms with Crippen LogP contribution < -0.4 is 5.32 Å². The van der Waals surface area contributed by atoms with E-state index in [1.165, 1.54) is 18.4 Å². The Kier molecular flexibility index (Phi) is 7.08. The lowest BCUT2D eigenvalue weighted by atomic mass is 9.93. The van der Waals surface area contributed by atoms with E-state index in [0.717, 1.165) is 17.9 Å². The summed E-state index contributed by atoms with van der Waals surface area (Å²) in [5, 5.41) is 3.01. The minimum absolute atomic E-state index is 0.00854. The van der Waals surface area contributed by atoms with Crippen LogP contribution in [-0.4, -0.2) is 74.4 Å². The zero-order chi connectivity index (χ0) is 22.0. The molecule has 2 aromatic rings. The lowest BCUT2D eigenvalue weighted by Crippen LogP contribution is -2.40. The molecule has 0 aliphatic rings. The number of imidazole rings is 1. The molecule has 0 spiro atoms. The maximum absolute atomic E-state index is 12.3. The van der Waals surface area contributed by atoms with E-state index in [1.54, 1.807) is 18.2 Å². The average molecular weight is 424 g/mol. The number of aryl methyl sites for hydroxylation is 2. The fraction of sp³-hybridized carbons (Fsp3) is 0.600. The van der Waals surface area contributed by atoms with Gasteiger partial charge in [-0.05, 0) is 37.7 Å². The molecule has 0 aliphatic heterocycles. The van der Waals surface area contributed by atoms with Crippen molar-refractivity contribution in [2.75, 3.05) is 41.3 Å². The first kappa shape index (κ1) is 23.3. The van der Waals surface area contributed by atoms with Gasteiger partial charge in [-0.25, -0.2) is 17.7 Å². The Bertz CT molecular complexity index is 977. The van der Waals surface area contributed by atoms with Crippen molar-refractivity contribution < 1.29 is 13.2 Å². The molecule has 1 N–H and O–H groups in total. The van der Waals surface area contributed by atoms with Crippen LogP contribution in [0.1, 0.15) is 26.1 Å². The van der Waals surface area contributed by atoms with Gasteiger partial charge in [0, 0.05) is 47.1 Å². The minimum Gasteiger partial charge on any atom is -0.356 e. The summed E-state index contributed by atoms with van der Waals surface area (Å²) in [5.74, 6) is 0.738. The number of nitrogens with zero attached hydrogens (tertiary/aromatic N) is 4. The van der Waals surface area contributed by atoms with E-state index >= 15 is 0 Å². The molecule has 0 unspecified atom stereocenters.